The molecule has 1 unspecified atom stereocenters. The molecule has 0 amide bonds. The van der Waals surface area contributed by atoms with Crippen molar-refractivity contribution in [2.24, 2.45) is 0 Å². The molecular weight excluding hydrogens is 148 g/mol. The molecule has 1 atom stereocenters. The zero-order valence-electron chi connectivity index (χ0n) is 2.96. The topological polar surface area (TPSA) is 0 Å². The highest BCUT2D eigenvalue weighted by Gasteiger charge is 1.75. The average Bonchev–Trinajstić information content (AvgIpc) is 0.811. The van der Waals surface area contributed by atoms with Crippen LogP contribution >= 0.6 is 15.3 Å². The van der Waals surface area contributed by atoms with Gasteiger partial charge in [-0.2, -0.15) is 0 Å². The molecule has 0 aliphatic rings. The van der Waals surface area contributed by atoms with E-state index >= 15 is 0 Å². The SMILES string of the molecule is C[SiH]([SiH3])Br. The van der Waals surface area contributed by atoms with Crippen LogP contribution in [-0.2, 0) is 0 Å². The molecule has 0 radical (unpaired) electrons. The summed E-state index contributed by atoms with van der Waals surface area (Å²) in [6.45, 7) is 2.10. The van der Waals surface area contributed by atoms with Gasteiger partial charge in [0.2, 0.25) is 0 Å². The molecule has 0 aromatic rings. The third kappa shape index (κ3) is 12.8. The first kappa shape index (κ1) is 4.91. The summed E-state index contributed by atoms with van der Waals surface area (Å²) in [7, 11) is 1.40. The van der Waals surface area contributed by atoms with Gasteiger partial charge in [0.05, 0.1) is 6.93 Å². The number of halogens is 1. The summed E-state index contributed by atoms with van der Waals surface area (Å²) in [6, 6.07) is 0. The highest BCUT2D eigenvalue weighted by atomic mass is 79.9. The Bertz CT molecular complexity index is 10.8. The molecule has 0 saturated carbocycles. The minimum Gasteiger partial charge on any atom is -0.136 e. The van der Waals surface area contributed by atoms with Crippen LogP contribution in [0, 0.1) is 0 Å². The summed E-state index contributed by atoms with van der Waals surface area (Å²) >= 11 is 3.47. The van der Waals surface area contributed by atoms with Gasteiger partial charge in [-0.15, -0.1) is 15.3 Å². The van der Waals surface area contributed by atoms with E-state index < -0.39 is 0 Å². The molecule has 0 heterocycles. The predicted molar refractivity (Wildman–Crippen MR) is 31.9 cm³/mol. The second-order valence-electron chi connectivity index (χ2n) is 1.01. The Kier molecular flexibility index (Phi) is 2.66. The fraction of sp³-hybridized carbons (Fsp3) is 1.00. The first-order chi connectivity index (χ1) is 1.73. The molecule has 0 saturated heterocycles. The standard InChI is InChI=1S/CH7BrSi2/c1-4(2)3/h4H,1,3H3. The molecule has 0 bridgehead atoms. The van der Waals surface area contributed by atoms with E-state index in [0.29, 0.717) is 0 Å². The number of hydrogen-bond donors (Lipinski definition) is 0. The van der Waals surface area contributed by atoms with Gasteiger partial charge in [-0.1, -0.05) is 6.55 Å². The fourth-order valence-corrected chi connectivity index (χ4v) is 0. The van der Waals surface area contributed by atoms with E-state index in [2.05, 4.69) is 21.8 Å². The summed E-state index contributed by atoms with van der Waals surface area (Å²) in [4.78, 5) is 0. The molecule has 0 aliphatic carbocycles. The maximum Gasteiger partial charge on any atom is 0.0927 e. The van der Waals surface area contributed by atoms with E-state index in [9.17, 15) is 0 Å². The van der Waals surface area contributed by atoms with Gasteiger partial charge in [-0.3, -0.25) is 0 Å². The summed E-state index contributed by atoms with van der Waals surface area (Å²) in [5, 5.41) is 0. The molecule has 26 valence electrons. The van der Waals surface area contributed by atoms with Gasteiger partial charge in [0.1, 0.15) is 0 Å². The van der Waals surface area contributed by atoms with Crippen LogP contribution in [0.5, 0.6) is 0 Å². The van der Waals surface area contributed by atoms with Crippen molar-refractivity contribution < 1.29 is 0 Å². The lowest BCUT2D eigenvalue weighted by atomic mass is 11.9. The van der Waals surface area contributed by atoms with E-state index in [1.807, 2.05) is 0 Å². The second-order valence-corrected chi connectivity index (χ2v) is 18.8. The van der Waals surface area contributed by atoms with Crippen molar-refractivity contribution in [3.8, 4) is 0 Å². The van der Waals surface area contributed by atoms with E-state index in [0.717, 1.165) is 0 Å². The van der Waals surface area contributed by atoms with Crippen LogP contribution in [0.1, 0.15) is 0 Å². The van der Waals surface area contributed by atoms with E-state index in [4.69, 9.17) is 0 Å². The lowest BCUT2D eigenvalue weighted by Crippen LogP contribution is -1.89. The molecule has 0 aliphatic heterocycles. The third-order valence-corrected chi connectivity index (χ3v) is 0. The molecule has 0 N–H and O–H groups in total. The fourth-order valence-electron chi connectivity index (χ4n) is 0. The summed E-state index contributed by atoms with van der Waals surface area (Å²) < 4.78 is 0. The predicted octanol–water partition coefficient (Wildman–Crippen LogP) is -0.403. The van der Waals surface area contributed by atoms with Gasteiger partial charge >= 0.3 is 0 Å². The van der Waals surface area contributed by atoms with E-state index in [-0.39, 0.29) is 6.93 Å². The van der Waals surface area contributed by atoms with Crippen molar-refractivity contribution in [2.45, 2.75) is 6.55 Å². The molecule has 0 spiro atoms. The van der Waals surface area contributed by atoms with Crippen molar-refractivity contribution in [2.75, 3.05) is 0 Å². The molecule has 3 heteroatoms. The first-order valence-corrected chi connectivity index (χ1v) is 10.3. The van der Waals surface area contributed by atoms with Gasteiger partial charge in [0, 0.05) is 9.76 Å². The van der Waals surface area contributed by atoms with Crippen LogP contribution in [0.2, 0.25) is 6.55 Å². The lowest BCUT2D eigenvalue weighted by Gasteiger charge is -1.72. The normalized spacial score (nSPS) is 16.5. The van der Waals surface area contributed by atoms with Crippen LogP contribution < -0.4 is 0 Å². The molecule has 0 aromatic heterocycles. The molecule has 0 rings (SSSR count). The van der Waals surface area contributed by atoms with Crippen molar-refractivity contribution in [1.29, 1.82) is 0 Å². The zero-order chi connectivity index (χ0) is 3.58. The Morgan fingerprint density at radius 2 is 2.00 bits per heavy atom. The van der Waals surface area contributed by atoms with Crippen molar-refractivity contribution >= 4 is 32.0 Å². The van der Waals surface area contributed by atoms with Gasteiger partial charge in [0.15, 0.2) is 0 Å². The smallest absolute Gasteiger partial charge is 0.0927 e. The van der Waals surface area contributed by atoms with Gasteiger partial charge in [-0.25, -0.2) is 0 Å². The molecule has 0 fully saturated rings. The van der Waals surface area contributed by atoms with Crippen LogP contribution in [0.25, 0.3) is 0 Å². The minimum atomic E-state index is -0.188. The summed E-state index contributed by atoms with van der Waals surface area (Å²) in [5.74, 6) is 0. The first-order valence-electron chi connectivity index (χ1n) is 1.37. The molecule has 4 heavy (non-hydrogen) atoms. The lowest BCUT2D eigenvalue weighted by molar-refractivity contribution is 2.35. The summed E-state index contributed by atoms with van der Waals surface area (Å²) in [6.07, 6.45) is 0. The highest BCUT2D eigenvalue weighted by molar-refractivity contribution is 9.25. The molecular formula is CH7BrSi2. The van der Waals surface area contributed by atoms with Crippen LogP contribution in [0.15, 0.2) is 0 Å². The molecule has 0 nitrogen and oxygen atoms in total. The number of rotatable bonds is 0. The minimum absolute atomic E-state index is 0.188. The van der Waals surface area contributed by atoms with Crippen molar-refractivity contribution in [3.05, 3.63) is 0 Å². The van der Waals surface area contributed by atoms with Gasteiger partial charge in [-0.05, 0) is 0 Å². The van der Waals surface area contributed by atoms with Crippen molar-refractivity contribution in [3.63, 3.8) is 0 Å². The van der Waals surface area contributed by atoms with Gasteiger partial charge in [0.25, 0.3) is 0 Å². The highest BCUT2D eigenvalue weighted by Crippen LogP contribution is 1.79. The van der Waals surface area contributed by atoms with Crippen LogP contribution in [-0.4, -0.2) is 16.7 Å². The van der Waals surface area contributed by atoms with Crippen LogP contribution in [0.3, 0.4) is 0 Å². The van der Waals surface area contributed by atoms with E-state index in [1.165, 1.54) is 9.76 Å². The quantitative estimate of drug-likeness (QED) is 0.330. The zero-order valence-corrected chi connectivity index (χ0v) is 7.70. The Morgan fingerprint density at radius 3 is 2.00 bits per heavy atom. The summed E-state index contributed by atoms with van der Waals surface area (Å²) in [5.41, 5.74) is 0. The van der Waals surface area contributed by atoms with Gasteiger partial charge < -0.3 is 0 Å². The van der Waals surface area contributed by atoms with Crippen LogP contribution in [0.4, 0.5) is 0 Å². The monoisotopic (exact) mass is 154 g/mol. The Balaban J connectivity index is 2.32. The maximum atomic E-state index is 3.47. The third-order valence-electron chi connectivity index (χ3n) is 0. The van der Waals surface area contributed by atoms with Crippen molar-refractivity contribution in [1.82, 2.24) is 0 Å². The Labute approximate surface area is 39.0 Å². The Hall–Kier alpha value is 0.914. The average molecular weight is 155 g/mol. The van der Waals surface area contributed by atoms with E-state index in [1.54, 1.807) is 0 Å². The largest absolute Gasteiger partial charge is 0.136 e. The molecule has 0 aromatic carbocycles. The second kappa shape index (κ2) is 2.17. The number of hydrogen-bond acceptors (Lipinski definition) is 0. The maximum absolute atomic E-state index is 3.47. The Morgan fingerprint density at radius 1 is 2.00 bits per heavy atom.